The van der Waals surface area contributed by atoms with E-state index in [1.165, 1.54) is 0 Å². The van der Waals surface area contributed by atoms with Crippen LogP contribution >= 0.6 is 0 Å². The van der Waals surface area contributed by atoms with Gasteiger partial charge in [-0.25, -0.2) is 4.98 Å². The third-order valence-electron chi connectivity index (χ3n) is 4.49. The van der Waals surface area contributed by atoms with E-state index in [2.05, 4.69) is 42.0 Å². The Balaban J connectivity index is 1.64. The Kier molecular flexibility index (Phi) is 5.27. The lowest BCUT2D eigenvalue weighted by Gasteiger charge is -2.27. The fourth-order valence-corrected chi connectivity index (χ4v) is 2.85. The van der Waals surface area contributed by atoms with Gasteiger partial charge in [0.05, 0.1) is 36.7 Å². The van der Waals surface area contributed by atoms with E-state index in [9.17, 15) is 4.79 Å². The molecule has 2 aromatic rings. The van der Waals surface area contributed by atoms with E-state index >= 15 is 0 Å². The molecule has 1 N–H and O–H groups in total. The van der Waals surface area contributed by atoms with Crippen molar-refractivity contribution in [3.05, 3.63) is 41.3 Å². The minimum atomic E-state index is 0.0124. The molecule has 7 nitrogen and oxygen atoms in total. The first-order valence-corrected chi connectivity index (χ1v) is 8.93. The molecule has 26 heavy (non-hydrogen) atoms. The molecular weight excluding hydrogens is 330 g/mol. The highest BCUT2D eigenvalue weighted by molar-refractivity contribution is 5.94. The average Bonchev–Trinajstić information content (AvgIpc) is 3.11. The zero-order chi connectivity index (χ0) is 18.7. The van der Waals surface area contributed by atoms with Gasteiger partial charge in [-0.15, -0.1) is 0 Å². The lowest BCUT2D eigenvalue weighted by molar-refractivity contribution is 0.0302. The largest absolute Gasteiger partial charge is 0.378 e. The highest BCUT2D eigenvalue weighted by Crippen LogP contribution is 2.21. The van der Waals surface area contributed by atoms with Crippen LogP contribution in [0.3, 0.4) is 0 Å². The topological polar surface area (TPSA) is 74.4 Å². The number of hydrogen-bond acceptors (Lipinski definition) is 5. The summed E-state index contributed by atoms with van der Waals surface area (Å²) in [6.45, 7) is 9.56. The number of hydrogen-bond donors (Lipinski definition) is 1. The zero-order valence-corrected chi connectivity index (χ0v) is 16.0. The number of pyridine rings is 1. The van der Waals surface area contributed by atoms with Crippen LogP contribution < -0.4 is 4.90 Å². The predicted molar refractivity (Wildman–Crippen MR) is 100 cm³/mol. The summed E-state index contributed by atoms with van der Waals surface area (Å²) in [6, 6.07) is 5.81. The minimum absolute atomic E-state index is 0.0124. The number of ether oxygens (including phenoxy) is 1. The molecule has 0 aliphatic carbocycles. The number of anilines is 1. The van der Waals surface area contributed by atoms with Crippen molar-refractivity contribution in [2.75, 3.05) is 38.3 Å². The second kappa shape index (κ2) is 7.45. The molecular formula is C19H27N5O2. The second-order valence-corrected chi connectivity index (χ2v) is 7.69. The van der Waals surface area contributed by atoms with E-state index in [4.69, 9.17) is 4.74 Å². The molecule has 1 fully saturated rings. The zero-order valence-electron chi connectivity index (χ0n) is 16.0. The molecule has 3 rings (SSSR count). The Bertz CT molecular complexity index is 742. The number of carbonyl (C=O) groups excluding carboxylic acids is 1. The van der Waals surface area contributed by atoms with Gasteiger partial charge < -0.3 is 14.5 Å². The summed E-state index contributed by atoms with van der Waals surface area (Å²) >= 11 is 0. The number of nitrogens with one attached hydrogen (secondary N) is 1. The molecule has 0 atom stereocenters. The molecule has 3 heterocycles. The van der Waals surface area contributed by atoms with Gasteiger partial charge in [0.2, 0.25) is 0 Å². The molecule has 0 bridgehead atoms. The van der Waals surface area contributed by atoms with Gasteiger partial charge in [-0.2, -0.15) is 5.10 Å². The molecule has 0 spiro atoms. The Hall–Kier alpha value is -2.41. The Labute approximate surface area is 154 Å². The van der Waals surface area contributed by atoms with E-state index in [0.29, 0.717) is 38.4 Å². The molecule has 1 aliphatic heterocycles. The maximum absolute atomic E-state index is 12.5. The van der Waals surface area contributed by atoms with Crippen molar-refractivity contribution in [1.29, 1.82) is 0 Å². The highest BCUT2D eigenvalue weighted by atomic mass is 16.5. The van der Waals surface area contributed by atoms with Gasteiger partial charge in [0.1, 0.15) is 5.82 Å². The van der Waals surface area contributed by atoms with Crippen molar-refractivity contribution >= 4 is 11.7 Å². The van der Waals surface area contributed by atoms with Gasteiger partial charge in [-0.05, 0) is 18.2 Å². The number of aromatic nitrogens is 3. The molecule has 0 radical (unpaired) electrons. The molecule has 1 amide bonds. The number of rotatable bonds is 4. The van der Waals surface area contributed by atoms with Gasteiger partial charge in [0.15, 0.2) is 0 Å². The summed E-state index contributed by atoms with van der Waals surface area (Å²) in [7, 11) is 1.98. The van der Waals surface area contributed by atoms with E-state index in [0.717, 1.165) is 17.2 Å². The van der Waals surface area contributed by atoms with Crippen LogP contribution in [0.25, 0.3) is 0 Å². The van der Waals surface area contributed by atoms with Crippen molar-refractivity contribution in [1.82, 2.24) is 20.1 Å². The summed E-state index contributed by atoms with van der Waals surface area (Å²) in [4.78, 5) is 20.8. The number of amides is 1. The number of H-pyrrole nitrogens is 1. The van der Waals surface area contributed by atoms with Crippen LogP contribution in [0.4, 0.5) is 5.82 Å². The van der Waals surface area contributed by atoms with Crippen LogP contribution in [-0.4, -0.2) is 59.3 Å². The van der Waals surface area contributed by atoms with E-state index < -0.39 is 0 Å². The number of morpholine rings is 1. The summed E-state index contributed by atoms with van der Waals surface area (Å²) in [6.07, 6.45) is 1.65. The van der Waals surface area contributed by atoms with Crippen LogP contribution in [0.2, 0.25) is 0 Å². The quantitative estimate of drug-likeness (QED) is 0.908. The van der Waals surface area contributed by atoms with E-state index in [-0.39, 0.29) is 11.3 Å². The molecule has 1 aliphatic rings. The Morgan fingerprint density at radius 1 is 1.31 bits per heavy atom. The predicted octanol–water partition coefficient (Wildman–Crippen LogP) is 2.21. The number of carbonyl (C=O) groups is 1. The van der Waals surface area contributed by atoms with Crippen molar-refractivity contribution in [2.45, 2.75) is 32.7 Å². The van der Waals surface area contributed by atoms with Gasteiger partial charge >= 0.3 is 0 Å². The first-order valence-electron chi connectivity index (χ1n) is 8.93. The maximum Gasteiger partial charge on any atom is 0.255 e. The lowest BCUT2D eigenvalue weighted by Crippen LogP contribution is -2.40. The standard InChI is InChI=1S/C19H27N5O2/c1-19(2,3)16-11-15(21-22-16)13-23(4)17-6-5-14(12-20-17)18(25)24-7-9-26-10-8-24/h5-6,11-12H,7-10,13H2,1-4H3,(H,21,22). The fourth-order valence-electron chi connectivity index (χ4n) is 2.85. The van der Waals surface area contributed by atoms with Crippen LogP contribution in [0, 0.1) is 0 Å². The van der Waals surface area contributed by atoms with Crippen molar-refractivity contribution < 1.29 is 9.53 Å². The first-order chi connectivity index (χ1) is 12.3. The molecule has 7 heteroatoms. The molecule has 0 saturated carbocycles. The van der Waals surface area contributed by atoms with Gasteiger partial charge in [0, 0.05) is 31.7 Å². The smallest absolute Gasteiger partial charge is 0.255 e. The van der Waals surface area contributed by atoms with Crippen molar-refractivity contribution in [2.24, 2.45) is 0 Å². The van der Waals surface area contributed by atoms with Crippen molar-refractivity contribution in [3.63, 3.8) is 0 Å². The Morgan fingerprint density at radius 2 is 2.04 bits per heavy atom. The number of aromatic amines is 1. The average molecular weight is 357 g/mol. The van der Waals surface area contributed by atoms with E-state index in [1.54, 1.807) is 6.20 Å². The normalized spacial score (nSPS) is 15.2. The lowest BCUT2D eigenvalue weighted by atomic mass is 9.92. The fraction of sp³-hybridized carbons (Fsp3) is 0.526. The van der Waals surface area contributed by atoms with Crippen LogP contribution in [0.5, 0.6) is 0 Å². The summed E-state index contributed by atoms with van der Waals surface area (Å²) in [5.74, 6) is 0.828. The Morgan fingerprint density at radius 3 is 2.62 bits per heavy atom. The molecule has 2 aromatic heterocycles. The second-order valence-electron chi connectivity index (χ2n) is 7.69. The van der Waals surface area contributed by atoms with Crippen LogP contribution in [0.15, 0.2) is 24.4 Å². The van der Waals surface area contributed by atoms with Gasteiger partial charge in [0.25, 0.3) is 5.91 Å². The first kappa shape index (κ1) is 18.4. The molecule has 0 unspecified atom stereocenters. The van der Waals surface area contributed by atoms with Crippen LogP contribution in [0.1, 0.15) is 42.5 Å². The molecule has 1 saturated heterocycles. The van der Waals surface area contributed by atoms with Gasteiger partial charge in [-0.1, -0.05) is 20.8 Å². The maximum atomic E-state index is 12.5. The van der Waals surface area contributed by atoms with E-state index in [1.807, 2.05) is 29.0 Å². The van der Waals surface area contributed by atoms with Gasteiger partial charge in [-0.3, -0.25) is 9.89 Å². The third kappa shape index (κ3) is 4.22. The summed E-state index contributed by atoms with van der Waals surface area (Å²) in [5.41, 5.74) is 2.71. The van der Waals surface area contributed by atoms with Crippen LogP contribution in [-0.2, 0) is 16.7 Å². The SMILES string of the molecule is CN(Cc1cc(C(C)(C)C)n[nH]1)c1ccc(C(=O)N2CCOCC2)cn1. The summed E-state index contributed by atoms with van der Waals surface area (Å²) in [5, 5.41) is 7.48. The molecule has 140 valence electrons. The monoisotopic (exact) mass is 357 g/mol. The highest BCUT2D eigenvalue weighted by Gasteiger charge is 2.20. The number of nitrogens with zero attached hydrogens (tertiary/aromatic N) is 4. The molecule has 0 aromatic carbocycles. The van der Waals surface area contributed by atoms with Crippen molar-refractivity contribution in [3.8, 4) is 0 Å². The third-order valence-corrected chi connectivity index (χ3v) is 4.49. The minimum Gasteiger partial charge on any atom is -0.378 e. The summed E-state index contributed by atoms with van der Waals surface area (Å²) < 4.78 is 5.29.